The Kier molecular flexibility index (Phi) is 90.6. The maximum atomic E-state index is 11.8. The Hall–Kier alpha value is -10.0. The number of dihydropyridines is 1. The number of rotatable bonds is 10. The standard InChI is InChI=1S/C13H14.C12H13N.C12H14.C11H11NO2.C11H15N.C10H16N2.C10H12N2.C10H14.C10H20.C9H18.C7H10N2.12C2H6/c1-10(2)12-8-7-11-5-3-4-6-13(11)9-12;1-9(2)11-8-7-10-5-3-4-6-12(10)13-11;1-9(2)12-7-10-5-3-4-6-11(10)8-12;1-7(2)12-10(13)8-5-3-4-6-9(8)11(12)14;1-8(2)10-6-9-4-3-5-12-11(9)7-10;2*1-8(2)9-7-12-6-4-3-5-10(12)11-9;1-10(2,3)9-7-5-4-6-8-9;1-9(2)10-7-5-3-4-6-8-10;1-8(2)9-6-4-3-5-7-9;1-6(2)7-8-4-3-5-9-7;12*1-2/h3-10H,1-2H3;3-9H,1-2H3;3-7,9H,8H2,1-2H3;3-7H,1-2H3;3-5,7-9,11H,6H2,1-2H3;7-8H,3-6H2,1-2H3;3-8H,1-2H3;4-8H,1-3H3;9-10H,3-8H2,1-2H3;8-9H,3-7H2,1-2H3;3-6H,1-2H3;12*1-2H3. The van der Waals surface area contributed by atoms with E-state index in [-0.39, 0.29) is 17.9 Å². The number of imide groups is 1. The highest BCUT2D eigenvalue weighted by atomic mass is 16.2. The van der Waals surface area contributed by atoms with E-state index in [0.29, 0.717) is 69.9 Å². The molecule has 7 aliphatic rings. The van der Waals surface area contributed by atoms with Gasteiger partial charge in [0.25, 0.3) is 11.8 Å². The molecule has 11 nitrogen and oxygen atoms in total. The first-order valence-electron chi connectivity index (χ1n) is 60.1. The molecule has 3 aliphatic heterocycles. The summed E-state index contributed by atoms with van der Waals surface area (Å²) in [5.74, 6) is 10.5. The molecule has 0 bridgehead atoms. The summed E-state index contributed by atoms with van der Waals surface area (Å²) in [4.78, 5) is 51.0. The van der Waals surface area contributed by atoms with Crippen molar-refractivity contribution in [3.63, 3.8) is 0 Å². The van der Waals surface area contributed by atoms with E-state index in [9.17, 15) is 9.59 Å². The van der Waals surface area contributed by atoms with Crippen LogP contribution in [-0.4, -0.2) is 68.9 Å². The Morgan fingerprint density at radius 2 is 0.833 bits per heavy atom. The van der Waals surface area contributed by atoms with Gasteiger partial charge in [0.2, 0.25) is 0 Å². The lowest BCUT2D eigenvalue weighted by atomic mass is 9.82. The van der Waals surface area contributed by atoms with Crippen LogP contribution in [0.2, 0.25) is 0 Å². The van der Waals surface area contributed by atoms with Crippen LogP contribution in [0.5, 0.6) is 0 Å². The monoisotopic (exact) mass is 2060 g/mol. The summed E-state index contributed by atoms with van der Waals surface area (Å²) >= 11 is 0. The molecule has 2 unspecified atom stereocenters. The van der Waals surface area contributed by atoms with E-state index in [4.69, 9.17) is 0 Å². The highest BCUT2D eigenvalue weighted by Crippen LogP contribution is 2.36. The minimum atomic E-state index is -0.180. The van der Waals surface area contributed by atoms with Gasteiger partial charge in [-0.2, -0.15) is 0 Å². The van der Waals surface area contributed by atoms with Crippen molar-refractivity contribution in [2.75, 3.05) is 0 Å². The third-order valence-electron chi connectivity index (χ3n) is 24.9. The summed E-state index contributed by atoms with van der Waals surface area (Å²) < 4.78 is 4.37. The topological polar surface area (TPSA) is 124 Å². The molecule has 0 N–H and O–H groups in total. The van der Waals surface area contributed by atoms with Crippen LogP contribution >= 0.6 is 0 Å². The van der Waals surface area contributed by atoms with Crippen molar-refractivity contribution in [2.45, 2.75) is 482 Å². The van der Waals surface area contributed by atoms with Gasteiger partial charge < -0.3 is 8.97 Å². The van der Waals surface area contributed by atoms with Crippen molar-refractivity contribution in [2.24, 2.45) is 46.4 Å². The summed E-state index contributed by atoms with van der Waals surface area (Å²) in [5, 5.41) is 3.88. The number of imidazole rings is 2. The average molecular weight is 2060 g/mol. The fraction of sp³-hybridized carbons (Fsp3) is 0.568. The van der Waals surface area contributed by atoms with Crippen LogP contribution in [0.25, 0.3) is 33.4 Å². The molecule has 842 valence electrons. The molecule has 0 saturated heterocycles. The molecule has 2 saturated carbocycles. The molecule has 2 fully saturated rings. The number of aliphatic imine (C=N–C) groups is 1. The zero-order valence-electron chi connectivity index (χ0n) is 106. The number of para-hydroxylation sites is 1. The van der Waals surface area contributed by atoms with E-state index in [1.54, 1.807) is 47.8 Å². The Morgan fingerprint density at radius 1 is 0.380 bits per heavy atom. The Balaban J connectivity index is -0.000000504. The predicted molar refractivity (Wildman–Crippen MR) is 675 cm³/mol. The van der Waals surface area contributed by atoms with Crippen molar-refractivity contribution in [1.29, 1.82) is 0 Å². The third kappa shape index (κ3) is 57.6. The molecular formula is C139H229N9O2. The molecule has 0 radical (unpaired) electrons. The van der Waals surface area contributed by atoms with Gasteiger partial charge in [-0.1, -0.05) is 551 Å². The van der Waals surface area contributed by atoms with Gasteiger partial charge in [-0.15, -0.1) is 0 Å². The molecule has 5 aromatic heterocycles. The van der Waals surface area contributed by atoms with E-state index >= 15 is 0 Å². The molecular weight excluding hydrogens is 1830 g/mol. The number of nitrogens with zero attached hydrogens (tertiary/aromatic N) is 9. The largest absolute Gasteiger partial charge is 0.335 e. The molecule has 4 aliphatic carbocycles. The van der Waals surface area contributed by atoms with Crippen LogP contribution in [0.4, 0.5) is 0 Å². The van der Waals surface area contributed by atoms with E-state index < -0.39 is 0 Å². The van der Waals surface area contributed by atoms with Gasteiger partial charge in [-0.05, 0) is 186 Å². The van der Waals surface area contributed by atoms with Gasteiger partial charge in [0.15, 0.2) is 0 Å². The minimum absolute atomic E-state index is 0.0811. The van der Waals surface area contributed by atoms with Gasteiger partial charge in [0.1, 0.15) is 17.3 Å². The first-order valence-corrected chi connectivity index (χ1v) is 60.1. The van der Waals surface area contributed by atoms with E-state index in [0.717, 1.165) is 52.8 Å². The summed E-state index contributed by atoms with van der Waals surface area (Å²) in [6.45, 7) is 99.7. The quantitative estimate of drug-likeness (QED) is 0.0759. The van der Waals surface area contributed by atoms with Crippen molar-refractivity contribution >= 4 is 51.4 Å². The number of allylic oxidation sites excluding steroid dienone is 3. The Morgan fingerprint density at radius 3 is 1.27 bits per heavy atom. The lowest BCUT2D eigenvalue weighted by molar-refractivity contribution is 0.0608. The molecule has 8 heterocycles. The van der Waals surface area contributed by atoms with Crippen molar-refractivity contribution in [3.05, 3.63) is 304 Å². The summed E-state index contributed by atoms with van der Waals surface area (Å²) in [6, 6.07) is 62.0. The van der Waals surface area contributed by atoms with E-state index in [1.807, 2.05) is 229 Å². The summed E-state index contributed by atoms with van der Waals surface area (Å²) in [5.41, 5.74) is 15.9. The lowest BCUT2D eigenvalue weighted by Gasteiger charge is -2.24. The number of hydrogen-bond acceptors (Lipinski definition) is 8. The van der Waals surface area contributed by atoms with Crippen LogP contribution in [0.15, 0.2) is 247 Å². The SMILES string of the molecule is CC.CC.CC.CC.CC.CC.CC.CC.CC.CC.CC.CC.CC(C)(C)c1ccccc1.CC(C)C1=CC2N=CC=CC2C1.CC(C)C1=Cc2ccccc2C1.CC(C)C1CCCCC1.CC(C)C1CCCCCC1.CC(C)N1C(=O)c2ccccc2C1=O.CC(C)c1ccc2ccccc2c1.CC(C)c1ccc2ccccc2n1.CC(C)c1cn2c(n1)CCCC2.CC(C)c1cn2ccccc2n1.CC(C)c1ncccn1. The zero-order valence-corrected chi connectivity index (χ0v) is 106. The molecule has 150 heavy (non-hydrogen) atoms. The first-order chi connectivity index (χ1) is 72.3. The molecule has 18 rings (SSSR count). The second kappa shape index (κ2) is 91.6. The number of benzene rings is 6. The second-order valence-electron chi connectivity index (χ2n) is 39.3. The van der Waals surface area contributed by atoms with Gasteiger partial charge in [0, 0.05) is 79.1 Å². The van der Waals surface area contributed by atoms with Crippen LogP contribution in [0.1, 0.15) is 517 Å². The second-order valence-corrected chi connectivity index (χ2v) is 39.3. The van der Waals surface area contributed by atoms with Crippen molar-refractivity contribution in [1.82, 2.24) is 38.8 Å². The van der Waals surface area contributed by atoms with Gasteiger partial charge in [0.05, 0.1) is 34.1 Å². The first kappa shape index (κ1) is 148. The van der Waals surface area contributed by atoms with Crippen LogP contribution < -0.4 is 0 Å². The Labute approximate surface area is 926 Å². The number of fused-ring (bicyclic) bond motifs is 7. The number of carbonyl (C=O) groups excluding carboxylic acids is 2. The number of amides is 2. The highest BCUT2D eigenvalue weighted by molar-refractivity contribution is 6.21. The fourth-order valence-electron chi connectivity index (χ4n) is 16.5. The Bertz CT molecular complexity index is 4990. The molecule has 2 amide bonds. The van der Waals surface area contributed by atoms with Gasteiger partial charge in [-0.3, -0.25) is 24.5 Å². The number of pyridine rings is 2. The smallest absolute Gasteiger partial charge is 0.261 e. The number of aromatic nitrogens is 7. The fourth-order valence-corrected chi connectivity index (χ4v) is 16.5. The number of carbonyl (C=O) groups is 2. The third-order valence-corrected chi connectivity index (χ3v) is 24.9. The maximum Gasteiger partial charge on any atom is 0.261 e. The zero-order chi connectivity index (χ0) is 115. The van der Waals surface area contributed by atoms with Crippen LogP contribution in [-0.2, 0) is 24.8 Å². The van der Waals surface area contributed by atoms with Crippen LogP contribution in [0.3, 0.4) is 0 Å². The molecule has 2 atom stereocenters. The molecule has 0 spiro atoms. The van der Waals surface area contributed by atoms with E-state index in [2.05, 4.69) is 342 Å². The molecule has 11 aromatic rings. The lowest BCUT2D eigenvalue weighted by Crippen LogP contribution is -2.35. The highest BCUT2D eigenvalue weighted by Gasteiger charge is 2.37. The van der Waals surface area contributed by atoms with E-state index in [1.165, 1.54) is 163 Å². The normalized spacial score (nSPS) is 14.1. The van der Waals surface area contributed by atoms with Crippen molar-refractivity contribution in [3.8, 4) is 0 Å². The maximum absolute atomic E-state index is 11.8. The molecule has 6 aromatic carbocycles. The van der Waals surface area contributed by atoms with Gasteiger partial charge in [-0.25, -0.2) is 19.9 Å². The number of hydrogen-bond donors (Lipinski definition) is 0. The van der Waals surface area contributed by atoms with Crippen LogP contribution in [0, 0.1) is 41.4 Å². The molecule has 11 heteroatoms. The average Bonchev–Trinajstić information content (AvgIpc) is 1.63. The van der Waals surface area contributed by atoms with Crippen molar-refractivity contribution < 1.29 is 9.59 Å². The number of aryl methyl sites for hydroxylation is 2. The van der Waals surface area contributed by atoms with Gasteiger partial charge >= 0.3 is 0 Å². The summed E-state index contributed by atoms with van der Waals surface area (Å²) in [6.07, 6.45) is 43.4. The predicted octanol–water partition coefficient (Wildman–Crippen LogP) is 43.4. The minimum Gasteiger partial charge on any atom is -0.335 e. The summed E-state index contributed by atoms with van der Waals surface area (Å²) in [7, 11) is 0.